The summed E-state index contributed by atoms with van der Waals surface area (Å²) in [6, 6.07) is 33.8. The predicted octanol–water partition coefficient (Wildman–Crippen LogP) is 8.90. The number of carboxylic acids is 4. The Morgan fingerprint density at radius 3 is 1.10 bits per heavy atom. The molecule has 4 N–H and O–H groups in total. The lowest BCUT2D eigenvalue weighted by molar-refractivity contribution is -0.200. The maximum absolute atomic E-state index is 14.3. The zero-order valence-corrected chi connectivity index (χ0v) is 34.3. The normalized spacial score (nSPS) is 13.9. The molecule has 0 spiro atoms. The molecule has 0 aliphatic carbocycles. The number of aliphatic carboxylic acids is 4. The molecule has 6 rings (SSSR count). The minimum atomic E-state index is -1.78. The van der Waals surface area contributed by atoms with Crippen LogP contribution in [0.1, 0.15) is 62.5 Å². The van der Waals surface area contributed by atoms with Crippen molar-refractivity contribution in [1.82, 2.24) is 0 Å². The van der Waals surface area contributed by atoms with E-state index in [1.165, 1.54) is 0 Å². The van der Waals surface area contributed by atoms with Gasteiger partial charge in [-0.2, -0.15) is 0 Å². The molecule has 0 aromatic heterocycles. The van der Waals surface area contributed by atoms with E-state index in [-0.39, 0.29) is 65.3 Å². The van der Waals surface area contributed by atoms with E-state index in [9.17, 15) is 39.6 Å². The third-order valence-corrected chi connectivity index (χ3v) is 11.3. The molecule has 0 fully saturated rings. The van der Waals surface area contributed by atoms with Gasteiger partial charge in [0, 0.05) is 39.3 Å². The monoisotopic (exact) mass is 832 g/mol. The van der Waals surface area contributed by atoms with Crippen LogP contribution in [0, 0.1) is 5.41 Å². The van der Waals surface area contributed by atoms with Crippen molar-refractivity contribution in [3.8, 4) is 0 Å². The van der Waals surface area contributed by atoms with Gasteiger partial charge in [0.15, 0.2) is 0 Å². The first kappa shape index (κ1) is 44.6. The highest BCUT2D eigenvalue weighted by Gasteiger charge is 2.57. The number of rotatable bonds is 24. The summed E-state index contributed by atoms with van der Waals surface area (Å²) in [5.41, 5.74) is -0.891. The molecule has 12 heteroatoms. The van der Waals surface area contributed by atoms with Crippen molar-refractivity contribution in [3.63, 3.8) is 0 Å². The van der Waals surface area contributed by atoms with E-state index in [0.29, 0.717) is 32.7 Å². The second-order valence-corrected chi connectivity index (χ2v) is 15.2. The van der Waals surface area contributed by atoms with E-state index in [1.54, 1.807) is 13.8 Å². The molecule has 0 bridgehead atoms. The molecule has 4 atom stereocenters. The van der Waals surface area contributed by atoms with Gasteiger partial charge in [0.05, 0.1) is 30.8 Å². The van der Waals surface area contributed by atoms with E-state index < -0.39 is 53.3 Å². The molecule has 320 valence electrons. The fourth-order valence-electron chi connectivity index (χ4n) is 8.83. The Morgan fingerprint density at radius 1 is 0.508 bits per heavy atom. The van der Waals surface area contributed by atoms with Crippen molar-refractivity contribution in [2.75, 3.05) is 39.6 Å². The molecule has 61 heavy (non-hydrogen) atoms. The van der Waals surface area contributed by atoms with Gasteiger partial charge in [-0.15, -0.1) is 0 Å². The molecule has 6 aromatic carbocycles. The summed E-state index contributed by atoms with van der Waals surface area (Å²) in [7, 11) is 0. The summed E-state index contributed by atoms with van der Waals surface area (Å²) >= 11 is 0. The summed E-state index contributed by atoms with van der Waals surface area (Å²) in [6.07, 6.45) is -3.03. The summed E-state index contributed by atoms with van der Waals surface area (Å²) in [4.78, 5) is 51.8. The minimum Gasteiger partial charge on any atom is -0.481 e. The number of hydrogen-bond acceptors (Lipinski definition) is 8. The number of fused-ring (bicyclic) bond motifs is 4. The van der Waals surface area contributed by atoms with Crippen LogP contribution in [0.3, 0.4) is 0 Å². The Hall–Kier alpha value is -5.92. The third-order valence-electron chi connectivity index (χ3n) is 11.3. The topological polar surface area (TPSA) is 186 Å². The second kappa shape index (κ2) is 20.6. The molecular weight excluding hydrogens is 781 g/mol. The fraction of sp³-hybridized carbons (Fsp3) is 0.347. The van der Waals surface area contributed by atoms with Gasteiger partial charge in [-0.1, -0.05) is 97.1 Å². The van der Waals surface area contributed by atoms with Crippen LogP contribution in [0.5, 0.6) is 0 Å². The number of carbonyl (C=O) groups is 4. The fourth-order valence-corrected chi connectivity index (χ4v) is 8.83. The second-order valence-electron chi connectivity index (χ2n) is 15.2. The average Bonchev–Trinajstić information content (AvgIpc) is 3.24. The van der Waals surface area contributed by atoms with E-state index in [2.05, 4.69) is 0 Å². The molecule has 0 radical (unpaired) electrons. The maximum Gasteiger partial charge on any atom is 0.313 e. The molecule has 0 saturated heterocycles. The van der Waals surface area contributed by atoms with E-state index in [0.717, 1.165) is 21.5 Å². The van der Waals surface area contributed by atoms with Crippen molar-refractivity contribution in [2.45, 2.75) is 63.6 Å². The molecule has 6 aromatic rings. The Bertz CT molecular complexity index is 2210. The highest BCUT2D eigenvalue weighted by atomic mass is 16.5. The molecule has 4 unspecified atom stereocenters. The van der Waals surface area contributed by atoms with Crippen molar-refractivity contribution >= 4 is 67.0 Å². The van der Waals surface area contributed by atoms with Crippen molar-refractivity contribution in [3.05, 3.63) is 120 Å². The zero-order valence-electron chi connectivity index (χ0n) is 34.3. The van der Waals surface area contributed by atoms with Crippen LogP contribution in [-0.4, -0.2) is 96.2 Å². The van der Waals surface area contributed by atoms with Gasteiger partial charge in [-0.3, -0.25) is 19.2 Å². The lowest BCUT2D eigenvalue weighted by Crippen LogP contribution is -2.60. The number of hydrogen-bond donors (Lipinski definition) is 4. The number of ether oxygens (including phenoxy) is 4. The van der Waals surface area contributed by atoms with E-state index in [1.807, 2.05) is 109 Å². The average molecular weight is 833 g/mol. The smallest absolute Gasteiger partial charge is 0.313 e. The number of benzene rings is 6. The lowest BCUT2D eigenvalue weighted by Gasteiger charge is -2.49. The zero-order chi connectivity index (χ0) is 43.5. The largest absolute Gasteiger partial charge is 0.481 e. The van der Waals surface area contributed by atoms with Gasteiger partial charge >= 0.3 is 23.9 Å². The van der Waals surface area contributed by atoms with Crippen LogP contribution in [0.4, 0.5) is 0 Å². The van der Waals surface area contributed by atoms with E-state index in [4.69, 9.17) is 18.9 Å². The molecule has 12 nitrogen and oxygen atoms in total. The quantitative estimate of drug-likeness (QED) is 0.0336. The Morgan fingerprint density at radius 2 is 0.820 bits per heavy atom. The van der Waals surface area contributed by atoms with Crippen LogP contribution in [-0.2, 0) is 38.1 Å². The third kappa shape index (κ3) is 9.84. The van der Waals surface area contributed by atoms with Crippen molar-refractivity contribution in [1.29, 1.82) is 0 Å². The SMILES string of the molecule is CCOC(C(C(=O)O)c1c2ccccc2cc2ccccc12)C(COCCCC(=O)O)(COCCCC(=O)O)C(OCC)C(C(=O)O)c1c2ccccc2cc2ccccc12. The maximum atomic E-state index is 14.3. The van der Waals surface area contributed by atoms with Crippen LogP contribution < -0.4 is 0 Å². The molecule has 0 aliphatic rings. The highest BCUT2D eigenvalue weighted by Crippen LogP contribution is 2.49. The molecule has 0 saturated carbocycles. The van der Waals surface area contributed by atoms with Gasteiger partial charge in [0.25, 0.3) is 0 Å². The highest BCUT2D eigenvalue weighted by molar-refractivity contribution is 6.07. The van der Waals surface area contributed by atoms with Crippen LogP contribution in [0.15, 0.2) is 109 Å². The van der Waals surface area contributed by atoms with Gasteiger partial charge in [0.1, 0.15) is 11.8 Å². The van der Waals surface area contributed by atoms with Crippen LogP contribution in [0.25, 0.3) is 43.1 Å². The van der Waals surface area contributed by atoms with Gasteiger partial charge < -0.3 is 39.4 Å². The Kier molecular flexibility index (Phi) is 15.0. The first-order chi connectivity index (χ1) is 29.5. The molecule has 0 heterocycles. The first-order valence-corrected chi connectivity index (χ1v) is 20.6. The molecule has 0 amide bonds. The lowest BCUT2D eigenvalue weighted by atomic mass is 9.65. The molecule has 0 aliphatic heterocycles. The Balaban J connectivity index is 1.70. The van der Waals surface area contributed by atoms with Crippen LogP contribution in [0.2, 0.25) is 0 Å². The van der Waals surface area contributed by atoms with Gasteiger partial charge in [-0.25, -0.2) is 0 Å². The minimum absolute atomic E-state index is 0.00922. The van der Waals surface area contributed by atoms with Gasteiger partial charge in [-0.05, 0) is 93.0 Å². The summed E-state index contributed by atoms with van der Waals surface area (Å²) in [6.45, 7) is 2.53. The van der Waals surface area contributed by atoms with Crippen molar-refractivity contribution in [2.24, 2.45) is 5.41 Å². The summed E-state index contributed by atoms with van der Waals surface area (Å²) in [5, 5.41) is 48.0. The first-order valence-electron chi connectivity index (χ1n) is 20.6. The standard InChI is InChI=1S/C49H52O12/c1-3-60-45(43(47(54)55)41-35-19-9-5-15-31(35)27-32-16-6-10-20-36(32)41)49(29-58-25-13-23-39(50)51,30-59-26-14-24-40(52)53)46(61-4-2)44(48(56)57)42-37-21-11-7-17-33(37)28-34-18-8-12-22-38(34)42/h5-12,15-22,27-28,43-46H,3-4,13-14,23-26,29-30H2,1-2H3,(H,50,51)(H,52,53)(H,54,55)(H,56,57). The molecular formula is C49H52O12. The van der Waals surface area contributed by atoms with E-state index >= 15 is 0 Å². The number of carboxylic acid groups (broad SMARTS) is 4. The van der Waals surface area contributed by atoms with Crippen molar-refractivity contribution < 1.29 is 58.6 Å². The van der Waals surface area contributed by atoms with Gasteiger partial charge in [0.2, 0.25) is 0 Å². The predicted molar refractivity (Wildman–Crippen MR) is 232 cm³/mol. The summed E-state index contributed by atoms with van der Waals surface area (Å²) in [5.74, 6) is -7.53. The van der Waals surface area contributed by atoms with Crippen LogP contribution >= 0.6 is 0 Å². The summed E-state index contributed by atoms with van der Waals surface area (Å²) < 4.78 is 26.3. The Labute approximate surface area is 353 Å².